The zero-order valence-electron chi connectivity index (χ0n) is 23.4. The third-order valence-electron chi connectivity index (χ3n) is 6.50. The maximum atomic E-state index is 14.0. The van der Waals surface area contributed by atoms with E-state index < -0.39 is 12.0 Å². The first-order valence-electron chi connectivity index (χ1n) is 13.3. The maximum Gasteiger partial charge on any atom is 0.338 e. The van der Waals surface area contributed by atoms with Gasteiger partial charge in [-0.3, -0.25) is 9.36 Å². The number of nitrogens with zero attached hydrogens (tertiary/aromatic N) is 2. The normalized spacial score (nSPS) is 14.7. The van der Waals surface area contributed by atoms with E-state index in [1.54, 1.807) is 37.5 Å². The largest absolute Gasteiger partial charge is 0.487 e. The number of halogens is 2. The molecule has 0 saturated heterocycles. The van der Waals surface area contributed by atoms with Crippen LogP contribution in [-0.4, -0.2) is 29.7 Å². The van der Waals surface area contributed by atoms with Crippen LogP contribution in [0.2, 0.25) is 0 Å². The first-order valence-corrected chi connectivity index (χ1v) is 17.2. The minimum Gasteiger partial charge on any atom is -0.487 e. The van der Waals surface area contributed by atoms with Crippen molar-refractivity contribution in [3.63, 3.8) is 0 Å². The molecule has 0 bridgehead atoms. The van der Waals surface area contributed by atoms with Gasteiger partial charge in [0, 0.05) is 14.0 Å². The van der Waals surface area contributed by atoms with Crippen LogP contribution >= 0.6 is 67.9 Å². The lowest BCUT2D eigenvalue weighted by Gasteiger charge is -2.23. The summed E-state index contributed by atoms with van der Waals surface area (Å²) in [6.45, 7) is 6.10. The van der Waals surface area contributed by atoms with E-state index in [-0.39, 0.29) is 24.7 Å². The summed E-state index contributed by atoms with van der Waals surface area (Å²) in [5.41, 5.74) is 2.76. The molecule has 43 heavy (non-hydrogen) atoms. The molecular weight excluding hydrogens is 814 g/mol. The molecule has 1 aliphatic rings. The van der Waals surface area contributed by atoms with E-state index in [2.05, 4.69) is 50.2 Å². The number of aromatic nitrogens is 1. The molecule has 1 atom stereocenters. The standard InChI is InChI=1S/C31H26I2N2O6S2/c1-4-39-29(37)19-10-8-18(9-11-19)16-41-27-20(13-21(32)15-22(27)33)14-24-28(36)35-26(23-7-6-12-42-23)25(30(38)40-5-2)17(3)34-31(35)43-24/h6-15,26H,4-5,16H2,1-3H3/b24-14-/t26-/m1/s1. The van der Waals surface area contributed by atoms with Gasteiger partial charge in [0.05, 0.1) is 38.1 Å². The fourth-order valence-electron chi connectivity index (χ4n) is 4.60. The fourth-order valence-corrected chi connectivity index (χ4v) is 8.50. The Balaban J connectivity index is 1.54. The summed E-state index contributed by atoms with van der Waals surface area (Å²) in [5.74, 6) is -0.203. The highest BCUT2D eigenvalue weighted by atomic mass is 127. The molecule has 2 aromatic heterocycles. The predicted octanol–water partition coefficient (Wildman–Crippen LogP) is 5.82. The van der Waals surface area contributed by atoms with Crippen molar-refractivity contribution in [2.75, 3.05) is 13.2 Å². The van der Waals surface area contributed by atoms with Gasteiger partial charge in [0.25, 0.3) is 5.56 Å². The summed E-state index contributed by atoms with van der Waals surface area (Å²) in [6.07, 6.45) is 1.82. The molecule has 0 spiro atoms. The van der Waals surface area contributed by atoms with Gasteiger partial charge in [0.1, 0.15) is 18.4 Å². The van der Waals surface area contributed by atoms with Gasteiger partial charge in [-0.15, -0.1) is 11.3 Å². The molecule has 8 nitrogen and oxygen atoms in total. The number of rotatable bonds is 9. The summed E-state index contributed by atoms with van der Waals surface area (Å²) in [5, 5.41) is 1.92. The van der Waals surface area contributed by atoms with Crippen molar-refractivity contribution in [3.8, 4) is 5.75 Å². The molecule has 0 saturated carbocycles. The number of thiophene rings is 1. The van der Waals surface area contributed by atoms with Crippen molar-refractivity contribution in [1.29, 1.82) is 0 Å². The highest BCUT2D eigenvalue weighted by molar-refractivity contribution is 14.1. The Hall–Kier alpha value is -2.82. The Kier molecular flexibility index (Phi) is 10.2. The van der Waals surface area contributed by atoms with Crippen LogP contribution < -0.4 is 19.6 Å². The molecule has 0 unspecified atom stereocenters. The number of hydrogen-bond donors (Lipinski definition) is 0. The lowest BCUT2D eigenvalue weighted by molar-refractivity contribution is -0.139. The van der Waals surface area contributed by atoms with Crippen LogP contribution in [0.25, 0.3) is 6.08 Å². The van der Waals surface area contributed by atoms with Crippen LogP contribution in [0.1, 0.15) is 53.2 Å². The number of ether oxygens (including phenoxy) is 3. The third kappa shape index (κ3) is 6.81. The zero-order chi connectivity index (χ0) is 30.7. The quantitative estimate of drug-likeness (QED) is 0.156. The summed E-state index contributed by atoms with van der Waals surface area (Å²) in [4.78, 5) is 45.0. The van der Waals surface area contributed by atoms with Gasteiger partial charge in [0.15, 0.2) is 4.80 Å². The number of benzene rings is 2. The SMILES string of the molecule is CCOC(=O)C1=C(C)N=c2s/c(=C\c3cc(I)cc(I)c3OCc3ccc(C(=O)OCC)cc3)c(=O)n2[C@@H]1c1cccs1. The van der Waals surface area contributed by atoms with Crippen molar-refractivity contribution in [1.82, 2.24) is 4.57 Å². The number of carbonyl (C=O) groups is 2. The molecule has 0 N–H and O–H groups in total. The van der Waals surface area contributed by atoms with Gasteiger partial charge in [-0.05, 0) is 113 Å². The third-order valence-corrected chi connectivity index (χ3v) is 9.83. The molecule has 3 heterocycles. The van der Waals surface area contributed by atoms with E-state index in [1.807, 2.05) is 47.9 Å². The van der Waals surface area contributed by atoms with Crippen molar-refractivity contribution in [2.45, 2.75) is 33.4 Å². The van der Waals surface area contributed by atoms with E-state index in [0.29, 0.717) is 38.5 Å². The van der Waals surface area contributed by atoms with E-state index in [9.17, 15) is 14.4 Å². The van der Waals surface area contributed by atoms with Crippen molar-refractivity contribution < 1.29 is 23.8 Å². The topological polar surface area (TPSA) is 96.2 Å². The summed E-state index contributed by atoms with van der Waals surface area (Å²) in [7, 11) is 0. The molecule has 222 valence electrons. The highest BCUT2D eigenvalue weighted by Crippen LogP contribution is 2.33. The molecule has 2 aromatic carbocycles. The summed E-state index contributed by atoms with van der Waals surface area (Å²) < 4.78 is 20.7. The number of thiazole rings is 1. The minimum absolute atomic E-state index is 0.223. The van der Waals surface area contributed by atoms with Crippen LogP contribution in [0.15, 0.2) is 75.0 Å². The monoisotopic (exact) mass is 840 g/mol. The number of hydrogen-bond acceptors (Lipinski definition) is 9. The van der Waals surface area contributed by atoms with Gasteiger partial charge < -0.3 is 14.2 Å². The second-order valence-electron chi connectivity index (χ2n) is 9.33. The second-order valence-corrected chi connectivity index (χ2v) is 13.7. The Morgan fingerprint density at radius 3 is 2.44 bits per heavy atom. The first kappa shape index (κ1) is 31.6. The molecule has 4 aromatic rings. The van der Waals surface area contributed by atoms with Crippen molar-refractivity contribution in [2.24, 2.45) is 4.99 Å². The summed E-state index contributed by atoms with van der Waals surface area (Å²) >= 11 is 7.22. The van der Waals surface area contributed by atoms with Gasteiger partial charge in [-0.2, -0.15) is 0 Å². The van der Waals surface area contributed by atoms with Crippen molar-refractivity contribution >= 4 is 85.9 Å². The summed E-state index contributed by atoms with van der Waals surface area (Å²) in [6, 6.07) is 14.3. The Morgan fingerprint density at radius 1 is 1.05 bits per heavy atom. The van der Waals surface area contributed by atoms with E-state index in [0.717, 1.165) is 23.1 Å². The zero-order valence-corrected chi connectivity index (χ0v) is 29.3. The van der Waals surface area contributed by atoms with Crippen LogP contribution in [-0.2, 0) is 20.9 Å². The smallest absolute Gasteiger partial charge is 0.338 e. The Labute approximate surface area is 283 Å². The lowest BCUT2D eigenvalue weighted by atomic mass is 10.0. The van der Waals surface area contributed by atoms with Crippen molar-refractivity contribution in [3.05, 3.63) is 114 Å². The highest BCUT2D eigenvalue weighted by Gasteiger charge is 2.34. The van der Waals surface area contributed by atoms with Gasteiger partial charge >= 0.3 is 11.9 Å². The minimum atomic E-state index is -0.623. The average molecular weight is 840 g/mol. The molecule has 12 heteroatoms. The number of carbonyl (C=O) groups excluding carboxylic acids is 2. The molecule has 0 amide bonds. The van der Waals surface area contributed by atoms with E-state index in [1.165, 1.54) is 22.7 Å². The second kappa shape index (κ2) is 13.9. The molecule has 5 rings (SSSR count). The molecular formula is C31H26I2N2O6S2. The maximum absolute atomic E-state index is 14.0. The number of esters is 2. The van der Waals surface area contributed by atoms with Gasteiger partial charge in [0.2, 0.25) is 0 Å². The number of fused-ring (bicyclic) bond motifs is 1. The van der Waals surface area contributed by atoms with Crippen LogP contribution in [0, 0.1) is 7.14 Å². The van der Waals surface area contributed by atoms with Crippen LogP contribution in [0.4, 0.5) is 0 Å². The first-order chi connectivity index (χ1) is 20.7. The number of allylic oxidation sites excluding steroid dienone is 1. The lowest BCUT2D eigenvalue weighted by Crippen LogP contribution is -2.39. The van der Waals surface area contributed by atoms with E-state index >= 15 is 0 Å². The van der Waals surface area contributed by atoms with Gasteiger partial charge in [-0.1, -0.05) is 29.5 Å². The van der Waals surface area contributed by atoms with E-state index in [4.69, 9.17) is 14.2 Å². The molecule has 1 aliphatic heterocycles. The van der Waals surface area contributed by atoms with Crippen LogP contribution in [0.5, 0.6) is 5.75 Å². The van der Waals surface area contributed by atoms with Gasteiger partial charge in [-0.25, -0.2) is 14.6 Å². The Bertz CT molecular complexity index is 1890. The average Bonchev–Trinajstić information content (AvgIpc) is 3.61. The molecule has 0 aliphatic carbocycles. The predicted molar refractivity (Wildman–Crippen MR) is 183 cm³/mol. The molecule has 0 fully saturated rings. The fraction of sp³-hybridized carbons (Fsp3) is 0.226. The molecule has 0 radical (unpaired) electrons. The Morgan fingerprint density at radius 2 is 1.77 bits per heavy atom. The van der Waals surface area contributed by atoms with Crippen LogP contribution in [0.3, 0.4) is 0 Å².